The maximum Gasteiger partial charge on any atom is 0.0628 e. The highest BCUT2D eigenvalue weighted by molar-refractivity contribution is 5.25. The minimum Gasteiger partial charge on any atom is -0.314 e. The third-order valence-electron chi connectivity index (χ3n) is 4.13. The summed E-state index contributed by atoms with van der Waals surface area (Å²) in [6.07, 6.45) is 6.23. The van der Waals surface area contributed by atoms with Gasteiger partial charge in [-0.25, -0.2) is 0 Å². The van der Waals surface area contributed by atoms with Gasteiger partial charge < -0.3 is 5.32 Å². The molecule has 0 aromatic carbocycles. The highest BCUT2D eigenvalue weighted by Gasteiger charge is 2.15. The quantitative estimate of drug-likeness (QED) is 0.745. The van der Waals surface area contributed by atoms with Crippen LogP contribution in [0.4, 0.5) is 0 Å². The zero-order valence-corrected chi connectivity index (χ0v) is 14.3. The lowest BCUT2D eigenvalue weighted by Gasteiger charge is -2.19. The first-order valence-electron chi connectivity index (χ1n) is 8.18. The van der Waals surface area contributed by atoms with Gasteiger partial charge in [0.1, 0.15) is 0 Å². The molecule has 0 bridgehead atoms. The van der Waals surface area contributed by atoms with Crippen molar-refractivity contribution in [3.63, 3.8) is 0 Å². The van der Waals surface area contributed by atoms with E-state index in [0.717, 1.165) is 18.9 Å². The van der Waals surface area contributed by atoms with Crippen molar-refractivity contribution in [2.45, 2.75) is 72.8 Å². The van der Waals surface area contributed by atoms with Gasteiger partial charge in [-0.05, 0) is 51.1 Å². The SMILES string of the molecule is CCCNC(CCCC(C)C)Cc1c(C)nn(C)c1C. The number of hydrogen-bond acceptors (Lipinski definition) is 2. The van der Waals surface area contributed by atoms with Crippen LogP contribution in [0.15, 0.2) is 0 Å². The maximum absolute atomic E-state index is 4.54. The molecular weight excluding hydrogens is 246 g/mol. The van der Waals surface area contributed by atoms with Gasteiger partial charge >= 0.3 is 0 Å². The van der Waals surface area contributed by atoms with E-state index < -0.39 is 0 Å². The summed E-state index contributed by atoms with van der Waals surface area (Å²) in [5, 5.41) is 8.26. The minimum absolute atomic E-state index is 0.593. The minimum atomic E-state index is 0.593. The monoisotopic (exact) mass is 279 g/mol. The number of aryl methyl sites for hydroxylation is 2. The Morgan fingerprint density at radius 3 is 2.40 bits per heavy atom. The molecule has 0 aliphatic heterocycles. The van der Waals surface area contributed by atoms with Crippen LogP contribution in [0.5, 0.6) is 0 Å². The summed E-state index contributed by atoms with van der Waals surface area (Å²) < 4.78 is 2.01. The number of rotatable bonds is 9. The second-order valence-electron chi connectivity index (χ2n) is 6.45. The molecule has 0 aliphatic rings. The highest BCUT2D eigenvalue weighted by atomic mass is 15.3. The standard InChI is InChI=1S/C17H33N3/c1-7-11-18-16(10-8-9-13(2)3)12-17-14(4)19-20(6)15(17)5/h13,16,18H,7-12H2,1-6H3. The molecule has 3 heteroatoms. The van der Waals surface area contributed by atoms with Crippen LogP contribution in [0.1, 0.15) is 63.4 Å². The molecule has 1 N–H and O–H groups in total. The molecule has 1 aromatic heterocycles. The maximum atomic E-state index is 4.54. The van der Waals surface area contributed by atoms with Gasteiger partial charge in [-0.1, -0.05) is 33.6 Å². The van der Waals surface area contributed by atoms with Gasteiger partial charge in [-0.2, -0.15) is 5.10 Å². The summed E-state index contributed by atoms with van der Waals surface area (Å²) in [5.74, 6) is 0.809. The molecule has 1 heterocycles. The van der Waals surface area contributed by atoms with E-state index in [0.29, 0.717) is 6.04 Å². The first-order chi connectivity index (χ1) is 9.45. The Hall–Kier alpha value is -0.830. The Labute approximate surface area is 125 Å². The number of hydrogen-bond donors (Lipinski definition) is 1. The number of aromatic nitrogens is 2. The molecular formula is C17H33N3. The summed E-state index contributed by atoms with van der Waals surface area (Å²) in [6.45, 7) is 12.3. The Morgan fingerprint density at radius 2 is 1.90 bits per heavy atom. The molecule has 0 aliphatic carbocycles. The molecule has 3 nitrogen and oxygen atoms in total. The molecule has 0 saturated carbocycles. The summed E-state index contributed by atoms with van der Waals surface area (Å²) >= 11 is 0. The lowest BCUT2D eigenvalue weighted by molar-refractivity contribution is 0.433. The fourth-order valence-corrected chi connectivity index (χ4v) is 2.76. The van der Waals surface area contributed by atoms with Crippen LogP contribution >= 0.6 is 0 Å². The van der Waals surface area contributed by atoms with Gasteiger partial charge in [0.05, 0.1) is 5.69 Å². The predicted octanol–water partition coefficient (Wildman–Crippen LogP) is 3.77. The summed E-state index contributed by atoms with van der Waals surface area (Å²) in [6, 6.07) is 0.593. The van der Waals surface area contributed by atoms with Crippen LogP contribution in [0.25, 0.3) is 0 Å². The molecule has 1 rings (SSSR count). The third kappa shape index (κ3) is 5.28. The van der Waals surface area contributed by atoms with Crippen molar-refractivity contribution in [2.24, 2.45) is 13.0 Å². The zero-order chi connectivity index (χ0) is 15.1. The smallest absolute Gasteiger partial charge is 0.0628 e. The highest BCUT2D eigenvalue weighted by Crippen LogP contribution is 2.17. The summed E-state index contributed by atoms with van der Waals surface area (Å²) in [7, 11) is 2.04. The number of nitrogens with zero attached hydrogens (tertiary/aromatic N) is 2. The Balaban J connectivity index is 2.63. The van der Waals surface area contributed by atoms with Crippen LogP contribution in [0.2, 0.25) is 0 Å². The third-order valence-corrected chi connectivity index (χ3v) is 4.13. The first kappa shape index (κ1) is 17.2. The van der Waals surface area contributed by atoms with E-state index in [1.807, 2.05) is 11.7 Å². The molecule has 20 heavy (non-hydrogen) atoms. The van der Waals surface area contributed by atoms with Crippen molar-refractivity contribution < 1.29 is 0 Å². The Morgan fingerprint density at radius 1 is 1.20 bits per heavy atom. The lowest BCUT2D eigenvalue weighted by atomic mass is 9.97. The van der Waals surface area contributed by atoms with E-state index >= 15 is 0 Å². The van der Waals surface area contributed by atoms with Crippen molar-refractivity contribution in [1.82, 2.24) is 15.1 Å². The van der Waals surface area contributed by atoms with Gasteiger partial charge in [0.15, 0.2) is 0 Å². The van der Waals surface area contributed by atoms with Crippen LogP contribution < -0.4 is 5.32 Å². The lowest BCUT2D eigenvalue weighted by Crippen LogP contribution is -2.32. The fourth-order valence-electron chi connectivity index (χ4n) is 2.76. The van der Waals surface area contributed by atoms with E-state index in [9.17, 15) is 0 Å². The summed E-state index contributed by atoms with van der Waals surface area (Å²) in [5.41, 5.74) is 3.94. The second kappa shape index (κ2) is 8.46. The van der Waals surface area contributed by atoms with Gasteiger partial charge in [-0.15, -0.1) is 0 Å². The van der Waals surface area contributed by atoms with Crippen LogP contribution in [0, 0.1) is 19.8 Å². The molecule has 0 fully saturated rings. The predicted molar refractivity (Wildman–Crippen MR) is 87.2 cm³/mol. The van der Waals surface area contributed by atoms with Crippen molar-refractivity contribution in [2.75, 3.05) is 6.54 Å². The van der Waals surface area contributed by atoms with Crippen molar-refractivity contribution >= 4 is 0 Å². The fraction of sp³-hybridized carbons (Fsp3) is 0.824. The largest absolute Gasteiger partial charge is 0.314 e. The van der Waals surface area contributed by atoms with E-state index in [2.05, 4.69) is 45.0 Å². The van der Waals surface area contributed by atoms with Gasteiger partial charge in [0, 0.05) is 18.8 Å². The van der Waals surface area contributed by atoms with Crippen LogP contribution in [0.3, 0.4) is 0 Å². The molecule has 1 unspecified atom stereocenters. The van der Waals surface area contributed by atoms with Gasteiger partial charge in [0.2, 0.25) is 0 Å². The van der Waals surface area contributed by atoms with E-state index in [4.69, 9.17) is 0 Å². The average Bonchev–Trinajstić information content (AvgIpc) is 2.61. The van der Waals surface area contributed by atoms with E-state index in [-0.39, 0.29) is 0 Å². The Bertz CT molecular complexity index is 393. The molecule has 0 saturated heterocycles. The van der Waals surface area contributed by atoms with E-state index in [1.54, 1.807) is 0 Å². The molecule has 0 spiro atoms. The number of nitrogens with one attached hydrogen (secondary N) is 1. The first-order valence-corrected chi connectivity index (χ1v) is 8.18. The van der Waals surface area contributed by atoms with Crippen LogP contribution in [-0.4, -0.2) is 22.4 Å². The van der Waals surface area contributed by atoms with Crippen molar-refractivity contribution in [3.8, 4) is 0 Å². The molecule has 1 aromatic rings. The average molecular weight is 279 g/mol. The topological polar surface area (TPSA) is 29.9 Å². The molecule has 0 amide bonds. The molecule has 116 valence electrons. The molecule has 0 radical (unpaired) electrons. The van der Waals surface area contributed by atoms with Gasteiger partial charge in [0.25, 0.3) is 0 Å². The van der Waals surface area contributed by atoms with Crippen molar-refractivity contribution in [1.29, 1.82) is 0 Å². The second-order valence-corrected chi connectivity index (χ2v) is 6.45. The Kier molecular flexibility index (Phi) is 7.28. The van der Waals surface area contributed by atoms with Gasteiger partial charge in [-0.3, -0.25) is 4.68 Å². The normalized spacial score (nSPS) is 13.2. The molecule has 1 atom stereocenters. The van der Waals surface area contributed by atoms with Crippen LogP contribution in [-0.2, 0) is 13.5 Å². The van der Waals surface area contributed by atoms with E-state index in [1.165, 1.54) is 42.6 Å². The zero-order valence-electron chi connectivity index (χ0n) is 14.3. The summed E-state index contributed by atoms with van der Waals surface area (Å²) in [4.78, 5) is 0. The van der Waals surface area contributed by atoms with Crippen molar-refractivity contribution in [3.05, 3.63) is 17.0 Å².